The fraction of sp³-hybridized carbons (Fsp3) is 0.333. The summed E-state index contributed by atoms with van der Waals surface area (Å²) in [6.07, 6.45) is 5.46. The van der Waals surface area contributed by atoms with Crippen LogP contribution in [0.3, 0.4) is 0 Å². The second kappa shape index (κ2) is 5.88. The van der Waals surface area contributed by atoms with Crippen LogP contribution in [-0.4, -0.2) is 34.7 Å². The third kappa shape index (κ3) is 2.72. The summed E-state index contributed by atoms with van der Waals surface area (Å²) in [6.45, 7) is 1.35. The molecule has 2 aromatic rings. The van der Waals surface area contributed by atoms with E-state index in [2.05, 4.69) is 10.3 Å². The van der Waals surface area contributed by atoms with Gasteiger partial charge < -0.3 is 10.1 Å². The standard InChI is InChI=1S/C15H17N3O2/c19-15(17-9-13-7-4-8-20-13)14-10-16-11-18(14)12-5-2-1-3-6-12/h1-3,5-6,10-11,13H,4,7-9H2,(H,17,19)/t13-/m0/s1. The maximum atomic E-state index is 12.2. The number of hydrogen-bond acceptors (Lipinski definition) is 3. The maximum absolute atomic E-state index is 12.2. The molecular formula is C15H17N3O2. The fourth-order valence-electron chi connectivity index (χ4n) is 2.36. The lowest BCUT2D eigenvalue weighted by atomic mass is 10.2. The second-order valence-corrected chi connectivity index (χ2v) is 4.83. The van der Waals surface area contributed by atoms with Crippen molar-refractivity contribution in [2.24, 2.45) is 0 Å². The number of benzene rings is 1. The zero-order valence-electron chi connectivity index (χ0n) is 11.2. The van der Waals surface area contributed by atoms with Gasteiger partial charge in [-0.15, -0.1) is 0 Å². The van der Waals surface area contributed by atoms with Crippen molar-refractivity contribution in [3.63, 3.8) is 0 Å². The normalized spacial score (nSPS) is 18.1. The van der Waals surface area contributed by atoms with E-state index in [0.717, 1.165) is 25.1 Å². The molecule has 3 rings (SSSR count). The molecule has 2 heterocycles. The van der Waals surface area contributed by atoms with Crippen LogP contribution in [-0.2, 0) is 4.74 Å². The number of hydrogen-bond donors (Lipinski definition) is 1. The maximum Gasteiger partial charge on any atom is 0.270 e. The minimum absolute atomic E-state index is 0.123. The van der Waals surface area contributed by atoms with Crippen molar-refractivity contribution in [1.82, 2.24) is 14.9 Å². The molecule has 0 saturated carbocycles. The molecule has 5 nitrogen and oxygen atoms in total. The Kier molecular flexibility index (Phi) is 3.78. The molecule has 0 bridgehead atoms. The van der Waals surface area contributed by atoms with Crippen LogP contribution in [0.1, 0.15) is 23.3 Å². The van der Waals surface area contributed by atoms with Gasteiger partial charge >= 0.3 is 0 Å². The first kappa shape index (κ1) is 12.9. The Bertz CT molecular complexity index is 574. The highest BCUT2D eigenvalue weighted by molar-refractivity contribution is 5.93. The van der Waals surface area contributed by atoms with Crippen molar-refractivity contribution in [2.45, 2.75) is 18.9 Å². The lowest BCUT2D eigenvalue weighted by Gasteiger charge is -2.12. The van der Waals surface area contributed by atoms with Crippen molar-refractivity contribution in [1.29, 1.82) is 0 Å². The minimum atomic E-state index is -0.123. The second-order valence-electron chi connectivity index (χ2n) is 4.83. The van der Waals surface area contributed by atoms with Crippen molar-refractivity contribution >= 4 is 5.91 Å². The summed E-state index contributed by atoms with van der Waals surface area (Å²) < 4.78 is 7.28. The first-order chi connectivity index (χ1) is 9.84. The molecule has 5 heteroatoms. The van der Waals surface area contributed by atoms with Gasteiger partial charge in [-0.1, -0.05) is 18.2 Å². The largest absolute Gasteiger partial charge is 0.376 e. The molecule has 104 valence electrons. The van der Waals surface area contributed by atoms with Gasteiger partial charge in [-0.25, -0.2) is 4.98 Å². The van der Waals surface area contributed by atoms with Gasteiger partial charge in [0, 0.05) is 18.8 Å². The van der Waals surface area contributed by atoms with E-state index in [4.69, 9.17) is 4.74 Å². The molecule has 0 radical (unpaired) electrons. The number of carbonyl (C=O) groups excluding carboxylic acids is 1. The van der Waals surface area contributed by atoms with E-state index < -0.39 is 0 Å². The fourth-order valence-corrected chi connectivity index (χ4v) is 2.36. The van der Waals surface area contributed by atoms with E-state index in [1.807, 2.05) is 30.3 Å². The molecule has 1 atom stereocenters. The molecule has 1 saturated heterocycles. The quantitative estimate of drug-likeness (QED) is 0.922. The Morgan fingerprint density at radius 2 is 2.25 bits per heavy atom. The van der Waals surface area contributed by atoms with Gasteiger partial charge in [-0.05, 0) is 25.0 Å². The molecule has 1 N–H and O–H groups in total. The topological polar surface area (TPSA) is 56.1 Å². The van der Waals surface area contributed by atoms with E-state index >= 15 is 0 Å². The summed E-state index contributed by atoms with van der Waals surface area (Å²) in [5, 5.41) is 2.91. The molecule has 1 aromatic heterocycles. The van der Waals surface area contributed by atoms with E-state index in [1.165, 1.54) is 0 Å². The third-order valence-electron chi connectivity index (χ3n) is 3.42. The molecule has 1 aromatic carbocycles. The highest BCUT2D eigenvalue weighted by Gasteiger charge is 2.18. The number of imidazole rings is 1. The van der Waals surface area contributed by atoms with Gasteiger partial charge in [0.2, 0.25) is 0 Å². The average molecular weight is 271 g/mol. The predicted octanol–water partition coefficient (Wildman–Crippen LogP) is 1.78. The third-order valence-corrected chi connectivity index (χ3v) is 3.42. The molecule has 0 unspecified atom stereocenters. The number of rotatable bonds is 4. The van der Waals surface area contributed by atoms with Gasteiger partial charge in [0.05, 0.1) is 18.6 Å². The van der Waals surface area contributed by atoms with Crippen LogP contribution < -0.4 is 5.32 Å². The van der Waals surface area contributed by atoms with Crippen LogP contribution in [0.25, 0.3) is 5.69 Å². The van der Waals surface area contributed by atoms with E-state index in [1.54, 1.807) is 17.1 Å². The molecule has 1 amide bonds. The number of nitrogens with one attached hydrogen (secondary N) is 1. The van der Waals surface area contributed by atoms with Crippen LogP contribution in [0.2, 0.25) is 0 Å². The van der Waals surface area contributed by atoms with Crippen LogP contribution in [0.4, 0.5) is 0 Å². The highest BCUT2D eigenvalue weighted by Crippen LogP contribution is 2.12. The first-order valence-corrected chi connectivity index (χ1v) is 6.82. The Balaban J connectivity index is 1.70. The molecular weight excluding hydrogens is 254 g/mol. The van der Waals surface area contributed by atoms with E-state index in [0.29, 0.717) is 12.2 Å². The zero-order valence-corrected chi connectivity index (χ0v) is 11.2. The Hall–Kier alpha value is -2.14. The summed E-state index contributed by atoms with van der Waals surface area (Å²) in [7, 11) is 0. The van der Waals surface area contributed by atoms with Crippen molar-refractivity contribution < 1.29 is 9.53 Å². The summed E-state index contributed by atoms with van der Waals surface area (Å²) >= 11 is 0. The molecule has 1 fully saturated rings. The first-order valence-electron chi connectivity index (χ1n) is 6.82. The molecule has 1 aliphatic rings. The van der Waals surface area contributed by atoms with Gasteiger partial charge in [-0.2, -0.15) is 0 Å². The number of nitrogens with zero attached hydrogens (tertiary/aromatic N) is 2. The Morgan fingerprint density at radius 1 is 1.40 bits per heavy atom. The van der Waals surface area contributed by atoms with Crippen LogP contribution in [0.5, 0.6) is 0 Å². The average Bonchev–Trinajstić information content (AvgIpc) is 3.17. The van der Waals surface area contributed by atoms with Crippen molar-refractivity contribution in [3.05, 3.63) is 48.5 Å². The van der Waals surface area contributed by atoms with Crippen LogP contribution in [0, 0.1) is 0 Å². The Labute approximate surface area is 117 Å². The van der Waals surface area contributed by atoms with Gasteiger partial charge in [0.15, 0.2) is 0 Å². The van der Waals surface area contributed by atoms with Crippen LogP contribution >= 0.6 is 0 Å². The summed E-state index contributed by atoms with van der Waals surface area (Å²) in [5.74, 6) is -0.123. The highest BCUT2D eigenvalue weighted by atomic mass is 16.5. The number of para-hydroxylation sites is 1. The summed E-state index contributed by atoms with van der Waals surface area (Å²) in [5.41, 5.74) is 1.46. The number of carbonyl (C=O) groups is 1. The van der Waals surface area contributed by atoms with Crippen LogP contribution in [0.15, 0.2) is 42.9 Å². The number of amides is 1. The minimum Gasteiger partial charge on any atom is -0.376 e. The van der Waals surface area contributed by atoms with E-state index in [-0.39, 0.29) is 12.0 Å². The van der Waals surface area contributed by atoms with Gasteiger partial charge in [-0.3, -0.25) is 9.36 Å². The molecule has 20 heavy (non-hydrogen) atoms. The smallest absolute Gasteiger partial charge is 0.270 e. The molecule has 0 spiro atoms. The summed E-state index contributed by atoms with van der Waals surface area (Å²) in [6, 6.07) is 9.70. The van der Waals surface area contributed by atoms with E-state index in [9.17, 15) is 4.79 Å². The van der Waals surface area contributed by atoms with Gasteiger partial charge in [0.25, 0.3) is 5.91 Å². The lowest BCUT2D eigenvalue weighted by molar-refractivity contribution is 0.0852. The van der Waals surface area contributed by atoms with Gasteiger partial charge in [0.1, 0.15) is 5.69 Å². The lowest BCUT2D eigenvalue weighted by Crippen LogP contribution is -2.32. The molecule has 1 aliphatic heterocycles. The zero-order chi connectivity index (χ0) is 13.8. The Morgan fingerprint density at radius 3 is 3.00 bits per heavy atom. The molecule has 0 aliphatic carbocycles. The number of aromatic nitrogens is 2. The monoisotopic (exact) mass is 271 g/mol. The summed E-state index contributed by atoms with van der Waals surface area (Å²) in [4.78, 5) is 16.3. The SMILES string of the molecule is O=C(NC[C@@H]1CCCO1)c1cncn1-c1ccccc1. The predicted molar refractivity (Wildman–Crippen MR) is 74.9 cm³/mol. The number of ether oxygens (including phenoxy) is 1. The van der Waals surface area contributed by atoms with Crippen molar-refractivity contribution in [2.75, 3.05) is 13.2 Å². The van der Waals surface area contributed by atoms with Crippen molar-refractivity contribution in [3.8, 4) is 5.69 Å².